The van der Waals surface area contributed by atoms with Crippen molar-refractivity contribution in [2.45, 2.75) is 31.7 Å². The predicted octanol–water partition coefficient (Wildman–Crippen LogP) is 2.26. The molecule has 0 unspecified atom stereocenters. The average molecular weight is 410 g/mol. The third kappa shape index (κ3) is 4.93. The van der Waals surface area contributed by atoms with Crippen molar-refractivity contribution in [2.24, 2.45) is 11.7 Å². The summed E-state index contributed by atoms with van der Waals surface area (Å²) in [6.07, 6.45) is 2.37. The number of rotatable bonds is 9. The largest absolute Gasteiger partial charge is 0.464 e. The maximum absolute atomic E-state index is 13.3. The van der Waals surface area contributed by atoms with Gasteiger partial charge >= 0.3 is 0 Å². The molecule has 156 valence electrons. The maximum Gasteiger partial charge on any atom is 0.243 e. The Bertz CT molecular complexity index is 873. The molecule has 0 aliphatic carbocycles. The molecule has 1 aliphatic rings. The van der Waals surface area contributed by atoms with Gasteiger partial charge in [0.25, 0.3) is 0 Å². The zero-order valence-corrected chi connectivity index (χ0v) is 17.6. The van der Waals surface area contributed by atoms with E-state index in [1.165, 1.54) is 0 Å². The van der Waals surface area contributed by atoms with E-state index < -0.39 is 10.0 Å². The lowest BCUT2D eigenvalue weighted by molar-refractivity contribution is 0.0342. The fourth-order valence-electron chi connectivity index (χ4n) is 3.48. The lowest BCUT2D eigenvalue weighted by atomic mass is 10.1. The molecule has 2 aromatic rings. The molecule has 1 aliphatic heterocycles. The molecular weight excluding hydrogens is 378 g/mol. The monoisotopic (exact) mass is 409 g/mol. The van der Waals surface area contributed by atoms with Crippen LogP contribution in [-0.4, -0.2) is 63.6 Å². The topological polar surface area (TPSA) is 89.0 Å². The highest BCUT2D eigenvalue weighted by atomic mass is 32.2. The first-order valence-corrected chi connectivity index (χ1v) is 11.4. The molecule has 1 aromatic heterocycles. The van der Waals surface area contributed by atoms with Crippen molar-refractivity contribution in [3.63, 3.8) is 0 Å². The van der Waals surface area contributed by atoms with Crippen LogP contribution in [0.4, 0.5) is 0 Å². The van der Waals surface area contributed by atoms with E-state index in [4.69, 9.17) is 14.9 Å². The lowest BCUT2D eigenvalue weighted by Gasteiger charge is -2.26. The molecule has 1 aromatic carbocycles. The minimum absolute atomic E-state index is 0.238. The Balaban J connectivity index is 1.89. The molecule has 8 heteroatoms. The summed E-state index contributed by atoms with van der Waals surface area (Å²) < 4.78 is 39.2. The summed E-state index contributed by atoms with van der Waals surface area (Å²) in [7, 11) is -3.59. The highest BCUT2D eigenvalue weighted by Crippen LogP contribution is 2.27. The third-order valence-corrected chi connectivity index (χ3v) is 6.80. The van der Waals surface area contributed by atoms with Crippen LogP contribution in [0.2, 0.25) is 0 Å². The minimum Gasteiger partial charge on any atom is -0.464 e. The average Bonchev–Trinajstić information content (AvgIpc) is 3.07. The van der Waals surface area contributed by atoms with Crippen LogP contribution in [0.25, 0.3) is 11.0 Å². The van der Waals surface area contributed by atoms with E-state index in [2.05, 4.69) is 4.90 Å². The second-order valence-electron chi connectivity index (χ2n) is 7.71. The summed E-state index contributed by atoms with van der Waals surface area (Å²) in [5, 5.41) is 0.857. The SMILES string of the molecule is CC(C)CN(CCCN)S(=O)(=O)c1ccc2occ(CN3CCOCC3)c2c1. The Kier molecular flexibility index (Phi) is 7.11. The van der Waals surface area contributed by atoms with Crippen LogP contribution in [0.5, 0.6) is 0 Å². The Morgan fingerprint density at radius 1 is 1.25 bits per heavy atom. The Labute approximate surface area is 167 Å². The fourth-order valence-corrected chi connectivity index (χ4v) is 5.15. The number of benzene rings is 1. The number of fused-ring (bicyclic) bond motifs is 1. The summed E-state index contributed by atoms with van der Waals surface area (Å²) in [6.45, 7) is 9.32. The Morgan fingerprint density at radius 3 is 2.68 bits per heavy atom. The molecule has 0 spiro atoms. The number of nitrogens with two attached hydrogens (primary N) is 1. The van der Waals surface area contributed by atoms with Gasteiger partial charge in [0, 0.05) is 43.7 Å². The lowest BCUT2D eigenvalue weighted by Crippen LogP contribution is -2.36. The summed E-state index contributed by atoms with van der Waals surface area (Å²) >= 11 is 0. The Morgan fingerprint density at radius 2 is 2.00 bits per heavy atom. The van der Waals surface area contributed by atoms with E-state index in [9.17, 15) is 8.42 Å². The van der Waals surface area contributed by atoms with E-state index in [-0.39, 0.29) is 5.92 Å². The van der Waals surface area contributed by atoms with Crippen LogP contribution in [0, 0.1) is 5.92 Å². The van der Waals surface area contributed by atoms with E-state index in [1.54, 1.807) is 28.8 Å². The molecular formula is C20H31N3O4S. The van der Waals surface area contributed by atoms with Crippen molar-refractivity contribution in [2.75, 3.05) is 45.9 Å². The van der Waals surface area contributed by atoms with Crippen LogP contribution in [0.15, 0.2) is 33.8 Å². The number of morpholine rings is 1. The Hall–Kier alpha value is -1.45. The fraction of sp³-hybridized carbons (Fsp3) is 0.600. The summed E-state index contributed by atoms with van der Waals surface area (Å²) in [5.41, 5.74) is 7.33. The highest BCUT2D eigenvalue weighted by Gasteiger charge is 2.26. The van der Waals surface area contributed by atoms with Crippen LogP contribution in [0.1, 0.15) is 25.8 Å². The minimum atomic E-state index is -3.59. The number of hydrogen-bond donors (Lipinski definition) is 1. The molecule has 28 heavy (non-hydrogen) atoms. The van der Waals surface area contributed by atoms with Gasteiger partial charge in [0.15, 0.2) is 0 Å². The van der Waals surface area contributed by atoms with Gasteiger partial charge in [-0.25, -0.2) is 8.42 Å². The molecule has 1 saturated heterocycles. The normalized spacial score (nSPS) is 16.5. The van der Waals surface area contributed by atoms with Crippen LogP contribution in [-0.2, 0) is 21.3 Å². The van der Waals surface area contributed by atoms with Gasteiger partial charge in [-0.05, 0) is 37.1 Å². The molecule has 0 atom stereocenters. The van der Waals surface area contributed by atoms with Crippen molar-refractivity contribution in [3.05, 3.63) is 30.0 Å². The van der Waals surface area contributed by atoms with Crippen LogP contribution in [0.3, 0.4) is 0 Å². The molecule has 2 N–H and O–H groups in total. The van der Waals surface area contributed by atoms with E-state index in [1.807, 2.05) is 13.8 Å². The molecule has 3 rings (SSSR count). The van der Waals surface area contributed by atoms with Gasteiger partial charge in [-0.1, -0.05) is 13.8 Å². The van der Waals surface area contributed by atoms with E-state index in [0.717, 1.165) is 43.8 Å². The zero-order chi connectivity index (χ0) is 20.1. The smallest absolute Gasteiger partial charge is 0.243 e. The first kappa shape index (κ1) is 21.3. The molecule has 7 nitrogen and oxygen atoms in total. The van der Waals surface area contributed by atoms with Gasteiger partial charge in [-0.3, -0.25) is 4.90 Å². The zero-order valence-electron chi connectivity index (χ0n) is 16.8. The number of sulfonamides is 1. The molecule has 2 heterocycles. The highest BCUT2D eigenvalue weighted by molar-refractivity contribution is 7.89. The summed E-state index contributed by atoms with van der Waals surface area (Å²) in [5.74, 6) is 0.238. The number of ether oxygens (including phenoxy) is 1. The quantitative estimate of drug-likeness (QED) is 0.683. The molecule has 0 amide bonds. The van der Waals surface area contributed by atoms with E-state index in [0.29, 0.717) is 36.5 Å². The molecule has 1 fully saturated rings. The van der Waals surface area contributed by atoms with Crippen LogP contribution >= 0.6 is 0 Å². The number of hydrogen-bond acceptors (Lipinski definition) is 6. The molecule has 0 radical (unpaired) electrons. The van der Waals surface area contributed by atoms with E-state index >= 15 is 0 Å². The van der Waals surface area contributed by atoms with Gasteiger partial charge in [-0.2, -0.15) is 4.31 Å². The van der Waals surface area contributed by atoms with Crippen LogP contribution < -0.4 is 5.73 Å². The van der Waals surface area contributed by atoms with Gasteiger partial charge in [0.1, 0.15) is 5.58 Å². The summed E-state index contributed by atoms with van der Waals surface area (Å²) in [4.78, 5) is 2.60. The maximum atomic E-state index is 13.3. The number of nitrogens with zero attached hydrogens (tertiary/aromatic N) is 2. The van der Waals surface area contributed by atoms with Gasteiger partial charge < -0.3 is 14.9 Å². The third-order valence-electron chi connectivity index (χ3n) is 4.94. The molecule has 0 saturated carbocycles. The number of furan rings is 1. The molecule has 0 bridgehead atoms. The van der Waals surface area contributed by atoms with Crippen molar-refractivity contribution in [1.29, 1.82) is 0 Å². The second-order valence-corrected chi connectivity index (χ2v) is 9.64. The van der Waals surface area contributed by atoms with Crippen molar-refractivity contribution in [3.8, 4) is 0 Å². The first-order valence-electron chi connectivity index (χ1n) is 9.92. The van der Waals surface area contributed by atoms with Gasteiger partial charge in [0.05, 0.1) is 24.4 Å². The van der Waals surface area contributed by atoms with Crippen molar-refractivity contribution >= 4 is 21.0 Å². The van der Waals surface area contributed by atoms with Gasteiger partial charge in [-0.15, -0.1) is 0 Å². The summed E-state index contributed by atoms with van der Waals surface area (Å²) in [6, 6.07) is 5.14. The predicted molar refractivity (Wildman–Crippen MR) is 110 cm³/mol. The standard InChI is InChI=1S/C20H31N3O4S/c1-16(2)13-23(7-3-6-21)28(24,25)18-4-5-20-19(12-18)17(15-27-20)14-22-8-10-26-11-9-22/h4-5,12,15-16H,3,6-11,13-14,21H2,1-2H3. The van der Waals surface area contributed by atoms with Crippen molar-refractivity contribution < 1.29 is 17.6 Å². The van der Waals surface area contributed by atoms with Crippen molar-refractivity contribution in [1.82, 2.24) is 9.21 Å². The first-order chi connectivity index (χ1) is 13.4. The second kappa shape index (κ2) is 9.37. The van der Waals surface area contributed by atoms with Gasteiger partial charge in [0.2, 0.25) is 10.0 Å².